The summed E-state index contributed by atoms with van der Waals surface area (Å²) in [5, 5.41) is 8.58. The number of carboxylic acid groups (broad SMARTS) is 1. The molecule has 0 aromatic carbocycles. The Balaban J connectivity index is 2.57. The number of halogens is 2. The molecule has 0 aromatic rings. The summed E-state index contributed by atoms with van der Waals surface area (Å²) in [5.41, 5.74) is 0. The van der Waals surface area contributed by atoms with E-state index in [1.54, 1.807) is 0 Å². The minimum atomic E-state index is -2.53. The Morgan fingerprint density at radius 3 is 2.73 bits per heavy atom. The molecule has 0 bridgehead atoms. The molecule has 1 heterocycles. The fraction of sp³-hybridized carbons (Fsp3) is 0.900. The maximum Gasteiger partial charge on any atom is 0.303 e. The lowest BCUT2D eigenvalue weighted by molar-refractivity contribution is -0.140. The average Bonchev–Trinajstić information content (AvgIpc) is 2.13. The Morgan fingerprint density at radius 2 is 2.27 bits per heavy atom. The van der Waals surface area contributed by atoms with Crippen molar-refractivity contribution in [3.63, 3.8) is 0 Å². The van der Waals surface area contributed by atoms with Crippen LogP contribution in [0.4, 0.5) is 8.78 Å². The van der Waals surface area contributed by atoms with Crippen LogP contribution in [0.2, 0.25) is 0 Å². The molecule has 1 rings (SSSR count). The summed E-state index contributed by atoms with van der Waals surface area (Å²) in [6.45, 7) is 1.50. The quantitative estimate of drug-likeness (QED) is 0.785. The Kier molecular flexibility index (Phi) is 4.45. The summed E-state index contributed by atoms with van der Waals surface area (Å²) >= 11 is 0. The number of hydrogen-bond acceptors (Lipinski definition) is 2. The van der Waals surface area contributed by atoms with E-state index in [-0.39, 0.29) is 5.92 Å². The van der Waals surface area contributed by atoms with Crippen molar-refractivity contribution in [3.8, 4) is 0 Å². The van der Waals surface area contributed by atoms with Gasteiger partial charge in [0.15, 0.2) is 0 Å². The number of carbonyl (C=O) groups is 1. The van der Waals surface area contributed by atoms with Crippen molar-refractivity contribution >= 4 is 5.97 Å². The molecule has 3 nitrogen and oxygen atoms in total. The number of aliphatic carboxylic acids is 1. The van der Waals surface area contributed by atoms with Crippen LogP contribution in [0.1, 0.15) is 19.3 Å². The molecule has 0 radical (unpaired) electrons. The van der Waals surface area contributed by atoms with Crippen LogP contribution in [0.25, 0.3) is 0 Å². The minimum Gasteiger partial charge on any atom is -0.481 e. The van der Waals surface area contributed by atoms with E-state index in [2.05, 4.69) is 0 Å². The molecule has 0 saturated carbocycles. The minimum absolute atomic E-state index is 0.181. The van der Waals surface area contributed by atoms with Gasteiger partial charge in [0, 0.05) is 12.5 Å². The van der Waals surface area contributed by atoms with E-state index in [0.29, 0.717) is 13.0 Å². The molecule has 0 aliphatic carbocycles. The summed E-state index contributed by atoms with van der Waals surface area (Å²) in [6, 6.07) is 0. The van der Waals surface area contributed by atoms with Crippen molar-refractivity contribution in [1.29, 1.82) is 0 Å². The van der Waals surface area contributed by atoms with Crippen molar-refractivity contribution < 1.29 is 18.7 Å². The van der Waals surface area contributed by atoms with Crippen LogP contribution in [0.3, 0.4) is 0 Å². The zero-order valence-electron chi connectivity index (χ0n) is 8.83. The van der Waals surface area contributed by atoms with Gasteiger partial charge in [0.05, 0.1) is 6.42 Å². The molecule has 1 saturated heterocycles. The second kappa shape index (κ2) is 5.39. The fourth-order valence-corrected chi connectivity index (χ4v) is 2.22. The highest BCUT2D eigenvalue weighted by Crippen LogP contribution is 2.30. The number of carboxylic acids is 1. The van der Waals surface area contributed by atoms with Crippen molar-refractivity contribution in [2.24, 2.45) is 11.8 Å². The first-order valence-electron chi connectivity index (χ1n) is 5.19. The predicted molar refractivity (Wildman–Crippen MR) is 52.0 cm³/mol. The molecule has 15 heavy (non-hydrogen) atoms. The maximum absolute atomic E-state index is 12.7. The van der Waals surface area contributed by atoms with Crippen LogP contribution in [-0.2, 0) is 4.79 Å². The van der Waals surface area contributed by atoms with Crippen molar-refractivity contribution in [2.45, 2.75) is 25.7 Å². The lowest BCUT2D eigenvalue weighted by atomic mass is 9.84. The summed E-state index contributed by atoms with van der Waals surface area (Å²) in [7, 11) is 1.88. The SMILES string of the molecule is CN1CCCC(C(CC(=O)O)C(F)F)C1. The van der Waals surface area contributed by atoms with Gasteiger partial charge in [0.1, 0.15) is 0 Å². The van der Waals surface area contributed by atoms with E-state index in [1.165, 1.54) is 0 Å². The first-order chi connectivity index (χ1) is 7.00. The van der Waals surface area contributed by atoms with E-state index in [1.807, 2.05) is 11.9 Å². The lowest BCUT2D eigenvalue weighted by Gasteiger charge is -2.34. The number of likely N-dealkylation sites (tertiary alicyclic amines) is 1. The van der Waals surface area contributed by atoms with Crippen LogP contribution >= 0.6 is 0 Å². The molecule has 0 amide bonds. The molecule has 5 heteroatoms. The third-order valence-electron chi connectivity index (χ3n) is 3.00. The maximum atomic E-state index is 12.7. The van der Waals surface area contributed by atoms with Gasteiger partial charge in [-0.1, -0.05) is 0 Å². The van der Waals surface area contributed by atoms with E-state index in [0.717, 1.165) is 13.0 Å². The summed E-state index contributed by atoms with van der Waals surface area (Å²) < 4.78 is 25.4. The zero-order chi connectivity index (χ0) is 11.4. The topological polar surface area (TPSA) is 40.5 Å². The van der Waals surface area contributed by atoms with Gasteiger partial charge < -0.3 is 10.0 Å². The van der Waals surface area contributed by atoms with Gasteiger partial charge in [-0.3, -0.25) is 4.79 Å². The van der Waals surface area contributed by atoms with Crippen LogP contribution in [-0.4, -0.2) is 42.5 Å². The first-order valence-corrected chi connectivity index (χ1v) is 5.19. The van der Waals surface area contributed by atoms with E-state index < -0.39 is 24.7 Å². The van der Waals surface area contributed by atoms with E-state index in [9.17, 15) is 13.6 Å². The fourth-order valence-electron chi connectivity index (χ4n) is 2.22. The van der Waals surface area contributed by atoms with Gasteiger partial charge in [-0.25, -0.2) is 8.78 Å². The Morgan fingerprint density at radius 1 is 1.60 bits per heavy atom. The van der Waals surface area contributed by atoms with Crippen LogP contribution in [0, 0.1) is 11.8 Å². The monoisotopic (exact) mass is 221 g/mol. The Labute approximate surface area is 88.1 Å². The van der Waals surface area contributed by atoms with Gasteiger partial charge >= 0.3 is 5.97 Å². The second-order valence-corrected chi connectivity index (χ2v) is 4.26. The third-order valence-corrected chi connectivity index (χ3v) is 3.00. The predicted octanol–water partition coefficient (Wildman–Crippen LogP) is 1.68. The summed E-state index contributed by atoms with van der Waals surface area (Å²) in [4.78, 5) is 12.5. The molecular weight excluding hydrogens is 204 g/mol. The van der Waals surface area contributed by atoms with Gasteiger partial charge in [0.25, 0.3) is 0 Å². The molecule has 2 unspecified atom stereocenters. The molecule has 1 aliphatic rings. The highest BCUT2D eigenvalue weighted by molar-refractivity contribution is 5.67. The summed E-state index contributed by atoms with van der Waals surface area (Å²) in [6.07, 6.45) is -1.36. The highest BCUT2D eigenvalue weighted by Gasteiger charge is 2.33. The van der Waals surface area contributed by atoms with Crippen LogP contribution in [0.5, 0.6) is 0 Å². The number of piperidine rings is 1. The Bertz CT molecular complexity index is 223. The zero-order valence-corrected chi connectivity index (χ0v) is 8.83. The third kappa shape index (κ3) is 3.74. The average molecular weight is 221 g/mol. The van der Waals surface area contributed by atoms with Crippen molar-refractivity contribution in [3.05, 3.63) is 0 Å². The van der Waals surface area contributed by atoms with Crippen molar-refractivity contribution in [2.75, 3.05) is 20.1 Å². The van der Waals surface area contributed by atoms with Crippen LogP contribution < -0.4 is 0 Å². The largest absolute Gasteiger partial charge is 0.481 e. The van der Waals surface area contributed by atoms with Crippen LogP contribution in [0.15, 0.2) is 0 Å². The van der Waals surface area contributed by atoms with Gasteiger partial charge in [-0.05, 0) is 32.4 Å². The van der Waals surface area contributed by atoms with Gasteiger partial charge in [-0.15, -0.1) is 0 Å². The highest BCUT2D eigenvalue weighted by atomic mass is 19.3. The number of nitrogens with zero attached hydrogens (tertiary/aromatic N) is 1. The molecule has 1 N–H and O–H groups in total. The molecule has 0 spiro atoms. The number of alkyl halides is 2. The molecule has 0 aromatic heterocycles. The first kappa shape index (κ1) is 12.4. The smallest absolute Gasteiger partial charge is 0.303 e. The van der Waals surface area contributed by atoms with Gasteiger partial charge in [-0.2, -0.15) is 0 Å². The normalized spacial score (nSPS) is 25.5. The summed E-state index contributed by atoms with van der Waals surface area (Å²) in [5.74, 6) is -2.31. The molecular formula is C10H17F2NO2. The Hall–Kier alpha value is -0.710. The van der Waals surface area contributed by atoms with E-state index in [4.69, 9.17) is 5.11 Å². The molecule has 1 aliphatic heterocycles. The molecule has 2 atom stereocenters. The van der Waals surface area contributed by atoms with E-state index >= 15 is 0 Å². The number of hydrogen-bond donors (Lipinski definition) is 1. The number of rotatable bonds is 4. The standard InChI is InChI=1S/C10H17F2NO2/c1-13-4-2-3-7(6-13)8(10(11)12)5-9(14)15/h7-8,10H,2-6H2,1H3,(H,14,15). The van der Waals surface area contributed by atoms with Gasteiger partial charge in [0.2, 0.25) is 6.43 Å². The molecule has 88 valence electrons. The van der Waals surface area contributed by atoms with Crippen molar-refractivity contribution in [1.82, 2.24) is 4.90 Å². The lowest BCUT2D eigenvalue weighted by Crippen LogP contribution is -2.38. The molecule has 1 fully saturated rings. The second-order valence-electron chi connectivity index (χ2n) is 4.26.